The first kappa shape index (κ1) is 13.3. The van der Waals surface area contributed by atoms with Crippen LogP contribution in [0.4, 0.5) is 5.82 Å². The molecule has 0 aromatic carbocycles. The van der Waals surface area contributed by atoms with E-state index >= 15 is 0 Å². The van der Waals surface area contributed by atoms with Gasteiger partial charge in [0.05, 0.1) is 18.1 Å². The van der Waals surface area contributed by atoms with Crippen molar-refractivity contribution in [2.24, 2.45) is 5.92 Å². The van der Waals surface area contributed by atoms with Crippen molar-refractivity contribution in [3.63, 3.8) is 0 Å². The predicted molar refractivity (Wildman–Crippen MR) is 76.1 cm³/mol. The molecule has 2 aliphatic heterocycles. The first-order valence-corrected chi connectivity index (χ1v) is 7.25. The van der Waals surface area contributed by atoms with Crippen LogP contribution in [-0.2, 0) is 11.3 Å². The Kier molecular flexibility index (Phi) is 3.82. The van der Waals surface area contributed by atoms with Crippen molar-refractivity contribution in [1.29, 1.82) is 0 Å². The van der Waals surface area contributed by atoms with E-state index in [1.54, 1.807) is 6.20 Å². The molecular weight excluding hydrogens is 254 g/mol. The molecule has 2 atom stereocenters. The number of aromatic nitrogens is 2. The summed E-state index contributed by atoms with van der Waals surface area (Å²) in [6.45, 7) is 2.89. The van der Waals surface area contributed by atoms with Crippen LogP contribution < -0.4 is 10.6 Å². The summed E-state index contributed by atoms with van der Waals surface area (Å²) in [5.74, 6) is 1.60. The third-order valence-corrected chi connectivity index (χ3v) is 4.25. The van der Waals surface area contributed by atoms with E-state index in [1.165, 1.54) is 0 Å². The van der Waals surface area contributed by atoms with E-state index in [0.717, 1.165) is 44.0 Å². The largest absolute Gasteiger partial charge is 0.372 e. The molecule has 0 spiro atoms. The predicted octanol–water partition coefficient (Wildman–Crippen LogP) is 0.619. The standard InChI is InChI=1S/C14H21N5O/c1-15-13-7-16-11(6-17-13)9-19-5-4-12-10(8-19)2-3-14(20)18-12/h6-7,10,12H,2-5,8-9H2,1H3,(H,15,17)(H,18,20). The number of likely N-dealkylation sites (tertiary alicyclic amines) is 1. The number of anilines is 1. The zero-order valence-corrected chi connectivity index (χ0v) is 11.8. The molecule has 2 unspecified atom stereocenters. The number of carbonyl (C=O) groups is 1. The highest BCUT2D eigenvalue weighted by Crippen LogP contribution is 2.25. The van der Waals surface area contributed by atoms with Crippen molar-refractivity contribution in [1.82, 2.24) is 20.2 Å². The molecule has 0 saturated carbocycles. The minimum absolute atomic E-state index is 0.216. The number of hydrogen-bond donors (Lipinski definition) is 2. The zero-order valence-electron chi connectivity index (χ0n) is 11.8. The van der Waals surface area contributed by atoms with Crippen molar-refractivity contribution >= 4 is 11.7 Å². The number of carbonyl (C=O) groups excluding carboxylic acids is 1. The molecule has 2 aliphatic rings. The fraction of sp³-hybridized carbons (Fsp3) is 0.643. The van der Waals surface area contributed by atoms with E-state index < -0.39 is 0 Å². The van der Waals surface area contributed by atoms with Gasteiger partial charge < -0.3 is 10.6 Å². The summed E-state index contributed by atoms with van der Waals surface area (Å²) < 4.78 is 0. The molecule has 3 heterocycles. The quantitative estimate of drug-likeness (QED) is 0.846. The van der Waals surface area contributed by atoms with Crippen LogP contribution in [0.2, 0.25) is 0 Å². The van der Waals surface area contributed by atoms with Gasteiger partial charge in [0.2, 0.25) is 5.91 Å². The molecule has 2 N–H and O–H groups in total. The zero-order chi connectivity index (χ0) is 13.9. The molecule has 1 amide bonds. The van der Waals surface area contributed by atoms with E-state index in [-0.39, 0.29) is 5.91 Å². The lowest BCUT2D eigenvalue weighted by Gasteiger charge is -2.41. The van der Waals surface area contributed by atoms with Gasteiger partial charge in [0, 0.05) is 39.1 Å². The number of nitrogens with one attached hydrogen (secondary N) is 2. The van der Waals surface area contributed by atoms with Crippen LogP contribution in [0.1, 0.15) is 25.0 Å². The SMILES string of the molecule is CNc1cnc(CN2CCC3NC(=O)CCC3C2)cn1. The summed E-state index contributed by atoms with van der Waals surface area (Å²) in [7, 11) is 1.84. The molecular formula is C14H21N5O. The summed E-state index contributed by atoms with van der Waals surface area (Å²) in [5.41, 5.74) is 1.00. The molecule has 0 bridgehead atoms. The summed E-state index contributed by atoms with van der Waals surface area (Å²) in [5, 5.41) is 6.09. The Balaban J connectivity index is 1.57. The van der Waals surface area contributed by atoms with Gasteiger partial charge in [-0.3, -0.25) is 14.7 Å². The Labute approximate surface area is 119 Å². The van der Waals surface area contributed by atoms with Crippen molar-refractivity contribution in [2.75, 3.05) is 25.5 Å². The Morgan fingerprint density at radius 1 is 1.40 bits per heavy atom. The lowest BCUT2D eigenvalue weighted by molar-refractivity contribution is -0.125. The van der Waals surface area contributed by atoms with E-state index in [4.69, 9.17) is 0 Å². The lowest BCUT2D eigenvalue weighted by atomic mass is 9.85. The molecule has 6 nitrogen and oxygen atoms in total. The summed E-state index contributed by atoms with van der Waals surface area (Å²) in [4.78, 5) is 22.5. The topological polar surface area (TPSA) is 70.2 Å². The number of hydrogen-bond acceptors (Lipinski definition) is 5. The van der Waals surface area contributed by atoms with Gasteiger partial charge in [-0.2, -0.15) is 0 Å². The van der Waals surface area contributed by atoms with Gasteiger partial charge in [0.15, 0.2) is 0 Å². The molecule has 108 valence electrons. The van der Waals surface area contributed by atoms with Gasteiger partial charge in [-0.1, -0.05) is 0 Å². The fourth-order valence-corrected chi connectivity index (χ4v) is 3.12. The maximum atomic E-state index is 11.4. The average Bonchev–Trinajstić information content (AvgIpc) is 2.48. The van der Waals surface area contributed by atoms with E-state index in [2.05, 4.69) is 25.5 Å². The third kappa shape index (κ3) is 2.90. The smallest absolute Gasteiger partial charge is 0.220 e. The monoisotopic (exact) mass is 275 g/mol. The Morgan fingerprint density at radius 3 is 3.05 bits per heavy atom. The first-order valence-electron chi connectivity index (χ1n) is 7.25. The van der Waals surface area contributed by atoms with Gasteiger partial charge in [-0.25, -0.2) is 4.98 Å². The minimum Gasteiger partial charge on any atom is -0.372 e. The van der Waals surface area contributed by atoms with Crippen LogP contribution >= 0.6 is 0 Å². The molecule has 2 fully saturated rings. The Hall–Kier alpha value is -1.69. The van der Waals surface area contributed by atoms with Crippen LogP contribution in [0.25, 0.3) is 0 Å². The van der Waals surface area contributed by atoms with E-state index in [0.29, 0.717) is 18.4 Å². The van der Waals surface area contributed by atoms with Crippen molar-refractivity contribution in [3.8, 4) is 0 Å². The normalized spacial score (nSPS) is 26.8. The number of amides is 1. The average molecular weight is 275 g/mol. The number of rotatable bonds is 3. The van der Waals surface area contributed by atoms with Crippen molar-refractivity contribution in [2.45, 2.75) is 31.8 Å². The molecule has 0 radical (unpaired) electrons. The molecule has 2 saturated heterocycles. The molecule has 0 aliphatic carbocycles. The maximum absolute atomic E-state index is 11.4. The molecule has 6 heteroatoms. The van der Waals surface area contributed by atoms with Crippen LogP contribution in [0.5, 0.6) is 0 Å². The fourth-order valence-electron chi connectivity index (χ4n) is 3.12. The second-order valence-corrected chi connectivity index (χ2v) is 5.64. The second kappa shape index (κ2) is 5.75. The minimum atomic E-state index is 0.216. The van der Waals surface area contributed by atoms with Crippen molar-refractivity contribution < 1.29 is 4.79 Å². The summed E-state index contributed by atoms with van der Waals surface area (Å²) in [6, 6.07) is 0.380. The van der Waals surface area contributed by atoms with Crippen LogP contribution in [0.3, 0.4) is 0 Å². The Morgan fingerprint density at radius 2 is 2.30 bits per heavy atom. The molecule has 1 aromatic rings. The van der Waals surface area contributed by atoms with Crippen LogP contribution in [-0.4, -0.2) is 47.0 Å². The number of piperidine rings is 2. The van der Waals surface area contributed by atoms with E-state index in [9.17, 15) is 4.79 Å². The Bertz CT molecular complexity index is 475. The van der Waals surface area contributed by atoms with Gasteiger partial charge >= 0.3 is 0 Å². The molecule has 20 heavy (non-hydrogen) atoms. The van der Waals surface area contributed by atoms with Crippen LogP contribution in [0, 0.1) is 5.92 Å². The van der Waals surface area contributed by atoms with Crippen LogP contribution in [0.15, 0.2) is 12.4 Å². The highest BCUT2D eigenvalue weighted by atomic mass is 16.1. The second-order valence-electron chi connectivity index (χ2n) is 5.64. The lowest BCUT2D eigenvalue weighted by Crippen LogP contribution is -2.53. The molecule has 3 rings (SSSR count). The maximum Gasteiger partial charge on any atom is 0.220 e. The van der Waals surface area contributed by atoms with Gasteiger partial charge in [0.25, 0.3) is 0 Å². The molecule has 1 aromatic heterocycles. The first-order chi connectivity index (χ1) is 9.74. The number of nitrogens with zero attached hydrogens (tertiary/aromatic N) is 3. The van der Waals surface area contributed by atoms with Crippen molar-refractivity contribution in [3.05, 3.63) is 18.1 Å². The highest BCUT2D eigenvalue weighted by molar-refractivity contribution is 5.77. The van der Waals surface area contributed by atoms with E-state index in [1.807, 2.05) is 13.2 Å². The third-order valence-electron chi connectivity index (χ3n) is 4.25. The van der Waals surface area contributed by atoms with Gasteiger partial charge in [-0.15, -0.1) is 0 Å². The summed E-state index contributed by atoms with van der Waals surface area (Å²) in [6.07, 6.45) is 6.32. The van der Waals surface area contributed by atoms with Gasteiger partial charge in [-0.05, 0) is 18.8 Å². The highest BCUT2D eigenvalue weighted by Gasteiger charge is 2.33. The summed E-state index contributed by atoms with van der Waals surface area (Å²) >= 11 is 0. The van der Waals surface area contributed by atoms with Gasteiger partial charge in [0.1, 0.15) is 5.82 Å². The number of fused-ring (bicyclic) bond motifs is 1.